The van der Waals surface area contributed by atoms with Gasteiger partial charge in [0.05, 0.1) is 29.4 Å². The van der Waals surface area contributed by atoms with Crippen molar-refractivity contribution in [1.29, 1.82) is 0 Å². The number of nitrogens with one attached hydrogen (secondary N) is 1. The Kier molecular flexibility index (Phi) is 4.98. The van der Waals surface area contributed by atoms with Crippen LogP contribution in [0.5, 0.6) is 11.8 Å². The number of aliphatic hydroxyl groups excluding tert-OH is 1. The number of nitrogens with zero attached hydrogens (tertiary/aromatic N) is 2. The van der Waals surface area contributed by atoms with Gasteiger partial charge in [-0.3, -0.25) is 0 Å². The van der Waals surface area contributed by atoms with Crippen molar-refractivity contribution in [1.82, 2.24) is 15.0 Å². The number of aryl methyl sites for hydroxylation is 1. The Labute approximate surface area is 175 Å². The lowest BCUT2D eigenvalue weighted by molar-refractivity contribution is 0.00706. The molecular formula is C20H19ClFN3O5. The fraction of sp³-hybridized carbons (Fsp3) is 0.400. The average molecular weight is 436 g/mol. The summed E-state index contributed by atoms with van der Waals surface area (Å²) in [5, 5.41) is 20.1. The number of hydrogen-bond acceptors (Lipinski definition) is 7. The maximum Gasteiger partial charge on any atom is 0.296 e. The molecule has 30 heavy (non-hydrogen) atoms. The largest absolute Gasteiger partial charge is 0.508 e. The third kappa shape index (κ3) is 3.47. The van der Waals surface area contributed by atoms with Crippen LogP contribution < -0.4 is 4.74 Å². The van der Waals surface area contributed by atoms with E-state index in [1.54, 1.807) is 6.07 Å². The van der Waals surface area contributed by atoms with Gasteiger partial charge in [-0.1, -0.05) is 17.7 Å². The van der Waals surface area contributed by atoms with Crippen molar-refractivity contribution in [2.45, 2.75) is 37.3 Å². The highest BCUT2D eigenvalue weighted by atomic mass is 35.5. The normalized spacial score (nSPS) is 25.7. The molecule has 2 fully saturated rings. The molecule has 4 atom stereocenters. The fourth-order valence-electron chi connectivity index (χ4n) is 3.89. The zero-order chi connectivity index (χ0) is 20.8. The second-order valence-corrected chi connectivity index (χ2v) is 7.79. The van der Waals surface area contributed by atoms with Crippen molar-refractivity contribution < 1.29 is 28.8 Å². The van der Waals surface area contributed by atoms with Crippen LogP contribution in [0, 0.1) is 5.82 Å². The zero-order valence-corrected chi connectivity index (χ0v) is 16.5. The summed E-state index contributed by atoms with van der Waals surface area (Å²) in [6.45, 7) is 0.502. The third-order valence-corrected chi connectivity index (χ3v) is 5.76. The molecule has 0 spiro atoms. The number of rotatable bonds is 5. The minimum atomic E-state index is -0.656. The van der Waals surface area contributed by atoms with E-state index in [1.165, 1.54) is 18.2 Å². The van der Waals surface area contributed by atoms with E-state index in [2.05, 4.69) is 15.0 Å². The van der Waals surface area contributed by atoms with Crippen LogP contribution in [0.3, 0.4) is 0 Å². The second-order valence-electron chi connectivity index (χ2n) is 7.39. The highest BCUT2D eigenvalue weighted by molar-refractivity contribution is 6.31. The highest BCUT2D eigenvalue weighted by Crippen LogP contribution is 2.30. The number of H-pyrrole nitrogens is 1. The summed E-state index contributed by atoms with van der Waals surface area (Å²) in [5.74, 6) is -0.571. The lowest BCUT2D eigenvalue weighted by Crippen LogP contribution is -2.34. The third-order valence-electron chi connectivity index (χ3n) is 5.43. The Morgan fingerprint density at radius 1 is 1.20 bits per heavy atom. The number of benzene rings is 1. The number of aliphatic hydroxyl groups is 1. The van der Waals surface area contributed by atoms with E-state index in [0.29, 0.717) is 28.3 Å². The standard InChI is InChI=1S/C20H19ClFN3O5/c21-10-6-13-19(23-12(10)5-4-9-11(22)2-1-3-14(9)26)25-20(24-13)30-16-8-29-17-15(27)7-28-18(16)17/h1-3,6,15-18,26-27H,4-5,7-8H2,(H,23,24,25)/t15-,16-,17-,18-/m1/s1. The molecule has 0 saturated carbocycles. The van der Waals surface area contributed by atoms with Gasteiger partial charge in [0, 0.05) is 5.56 Å². The van der Waals surface area contributed by atoms with Gasteiger partial charge in [0.15, 0.2) is 11.8 Å². The highest BCUT2D eigenvalue weighted by Gasteiger charge is 2.48. The summed E-state index contributed by atoms with van der Waals surface area (Å²) in [5.41, 5.74) is 1.76. The first kappa shape index (κ1) is 19.5. The lowest BCUT2D eigenvalue weighted by Gasteiger charge is -2.15. The molecular weight excluding hydrogens is 417 g/mol. The number of halogens is 2. The van der Waals surface area contributed by atoms with Gasteiger partial charge >= 0.3 is 0 Å². The maximum atomic E-state index is 13.9. The Bertz CT molecular complexity index is 1070. The fourth-order valence-corrected chi connectivity index (χ4v) is 4.14. The van der Waals surface area contributed by atoms with Gasteiger partial charge in [-0.15, -0.1) is 0 Å². The van der Waals surface area contributed by atoms with Crippen molar-refractivity contribution in [3.8, 4) is 11.8 Å². The molecule has 2 aliphatic heterocycles. The van der Waals surface area contributed by atoms with E-state index < -0.39 is 24.1 Å². The van der Waals surface area contributed by atoms with Gasteiger partial charge in [0.1, 0.15) is 29.9 Å². The molecule has 0 unspecified atom stereocenters. The molecule has 158 valence electrons. The first-order valence-corrected chi connectivity index (χ1v) is 9.97. The summed E-state index contributed by atoms with van der Waals surface area (Å²) in [7, 11) is 0. The van der Waals surface area contributed by atoms with Crippen molar-refractivity contribution in [3.63, 3.8) is 0 Å². The smallest absolute Gasteiger partial charge is 0.296 e. The van der Waals surface area contributed by atoms with Crippen LogP contribution in [-0.4, -0.2) is 62.8 Å². The molecule has 0 aliphatic carbocycles. The van der Waals surface area contributed by atoms with Crippen LogP contribution in [0.15, 0.2) is 24.3 Å². The number of pyridine rings is 1. The van der Waals surface area contributed by atoms with E-state index in [4.69, 9.17) is 25.8 Å². The lowest BCUT2D eigenvalue weighted by atomic mass is 10.1. The quantitative estimate of drug-likeness (QED) is 0.563. The Morgan fingerprint density at radius 2 is 2.03 bits per heavy atom. The van der Waals surface area contributed by atoms with Crippen LogP contribution in [-0.2, 0) is 22.3 Å². The number of ether oxygens (including phenoxy) is 3. The molecule has 2 saturated heterocycles. The molecule has 5 rings (SSSR count). The SMILES string of the molecule is Oc1cccc(F)c1CCc1nc2nc(O[C@@H]3CO[C@H]4[C@@H]3OC[C@H]4O)[nH]c2cc1Cl. The Hall–Kier alpha value is -2.46. The first-order chi connectivity index (χ1) is 14.5. The van der Waals surface area contributed by atoms with Crippen LogP contribution in [0.1, 0.15) is 11.3 Å². The number of phenols is 1. The van der Waals surface area contributed by atoms with Crippen LogP contribution in [0.4, 0.5) is 4.39 Å². The number of aromatic nitrogens is 3. The molecule has 8 nitrogen and oxygen atoms in total. The van der Waals surface area contributed by atoms with Gasteiger partial charge in [-0.25, -0.2) is 9.37 Å². The van der Waals surface area contributed by atoms with Gasteiger partial charge in [0.25, 0.3) is 6.01 Å². The van der Waals surface area contributed by atoms with Crippen molar-refractivity contribution >= 4 is 22.8 Å². The first-order valence-electron chi connectivity index (χ1n) is 9.59. The Balaban J connectivity index is 1.33. The van der Waals surface area contributed by atoms with Crippen molar-refractivity contribution in [2.75, 3.05) is 13.2 Å². The Morgan fingerprint density at radius 3 is 2.87 bits per heavy atom. The van der Waals surface area contributed by atoms with E-state index in [0.717, 1.165) is 0 Å². The van der Waals surface area contributed by atoms with Gasteiger partial charge in [0.2, 0.25) is 0 Å². The molecule has 2 aliphatic rings. The minimum absolute atomic E-state index is 0.0982. The number of aromatic hydroxyl groups is 1. The van der Waals surface area contributed by atoms with Crippen molar-refractivity contribution in [2.24, 2.45) is 0 Å². The van der Waals surface area contributed by atoms with Crippen LogP contribution >= 0.6 is 11.6 Å². The maximum absolute atomic E-state index is 13.9. The number of aromatic amines is 1. The molecule has 4 heterocycles. The molecule has 10 heteroatoms. The number of hydrogen-bond donors (Lipinski definition) is 3. The van der Waals surface area contributed by atoms with E-state index in [-0.39, 0.29) is 43.1 Å². The molecule has 3 N–H and O–H groups in total. The minimum Gasteiger partial charge on any atom is -0.508 e. The van der Waals surface area contributed by atoms with Crippen LogP contribution in [0.25, 0.3) is 11.2 Å². The number of phenolic OH excluding ortho intramolecular Hbond substituents is 1. The van der Waals surface area contributed by atoms with E-state index in [1.807, 2.05) is 0 Å². The summed E-state index contributed by atoms with van der Waals surface area (Å²) in [6, 6.07) is 6.12. The van der Waals surface area contributed by atoms with Gasteiger partial charge < -0.3 is 29.4 Å². The number of imidazole rings is 1. The topological polar surface area (TPSA) is 110 Å². The monoisotopic (exact) mass is 435 g/mol. The van der Waals surface area contributed by atoms with Crippen LogP contribution in [0.2, 0.25) is 5.02 Å². The predicted molar refractivity (Wildman–Crippen MR) is 104 cm³/mol. The van der Waals surface area contributed by atoms with E-state index >= 15 is 0 Å². The average Bonchev–Trinajstić information content (AvgIpc) is 3.39. The molecule has 3 aromatic rings. The van der Waals surface area contributed by atoms with E-state index in [9.17, 15) is 14.6 Å². The second kappa shape index (κ2) is 7.66. The molecule has 0 radical (unpaired) electrons. The van der Waals surface area contributed by atoms with Crippen molar-refractivity contribution in [3.05, 3.63) is 46.4 Å². The number of fused-ring (bicyclic) bond motifs is 2. The summed E-state index contributed by atoms with van der Waals surface area (Å²) >= 11 is 6.34. The molecule has 2 aromatic heterocycles. The predicted octanol–water partition coefficient (Wildman–Crippen LogP) is 2.15. The summed E-state index contributed by atoms with van der Waals surface area (Å²) in [4.78, 5) is 11.8. The summed E-state index contributed by atoms with van der Waals surface area (Å²) < 4.78 is 30.9. The molecule has 0 amide bonds. The van der Waals surface area contributed by atoms with Gasteiger partial charge in [-0.05, 0) is 31.0 Å². The zero-order valence-electron chi connectivity index (χ0n) is 15.7. The molecule has 1 aromatic carbocycles. The van der Waals surface area contributed by atoms with Gasteiger partial charge in [-0.2, -0.15) is 4.98 Å². The summed E-state index contributed by atoms with van der Waals surface area (Å²) in [6.07, 6.45) is -1.23. The molecule has 0 bridgehead atoms.